The van der Waals surface area contributed by atoms with E-state index >= 15 is 0 Å². The predicted octanol–water partition coefficient (Wildman–Crippen LogP) is 4.91. The van der Waals surface area contributed by atoms with E-state index < -0.39 is 0 Å². The zero-order valence-electron chi connectivity index (χ0n) is 15.7. The third-order valence-electron chi connectivity index (χ3n) is 4.34. The van der Waals surface area contributed by atoms with E-state index in [0.29, 0.717) is 29.5 Å². The minimum Gasteiger partial charge on any atom is -0.497 e. The molecule has 5 aromatic rings. The summed E-state index contributed by atoms with van der Waals surface area (Å²) < 4.78 is 19.7. The maximum Gasteiger partial charge on any atom is 0.247 e. The van der Waals surface area contributed by atoms with E-state index in [1.54, 1.807) is 23.4 Å². The number of oxazole rings is 1. The van der Waals surface area contributed by atoms with E-state index in [-0.39, 0.29) is 0 Å². The minimum atomic E-state index is 0.456. The minimum absolute atomic E-state index is 0.456. The van der Waals surface area contributed by atoms with Crippen molar-refractivity contribution >= 4 is 39.2 Å². The highest BCUT2D eigenvalue weighted by Gasteiger charge is 2.15. The number of aromatic nitrogens is 4. The molecule has 5 rings (SSSR count). The zero-order valence-corrected chi connectivity index (χ0v) is 17.3. The van der Waals surface area contributed by atoms with Gasteiger partial charge in [0.1, 0.15) is 29.3 Å². The van der Waals surface area contributed by atoms with Crippen LogP contribution in [0.15, 0.2) is 57.4 Å². The van der Waals surface area contributed by atoms with Gasteiger partial charge in [0.25, 0.3) is 0 Å². The molecule has 0 saturated carbocycles. The van der Waals surface area contributed by atoms with Crippen molar-refractivity contribution in [2.45, 2.75) is 10.9 Å². The van der Waals surface area contributed by atoms with Crippen LogP contribution in [-0.4, -0.2) is 32.9 Å². The third kappa shape index (κ3) is 3.54. The Bertz CT molecular complexity index is 1260. The first kappa shape index (κ1) is 18.0. The number of hydrogen-bond acceptors (Lipinski definition) is 8. The molecule has 3 aromatic heterocycles. The number of fused-ring (bicyclic) bond motifs is 2. The van der Waals surface area contributed by atoms with E-state index in [9.17, 15) is 0 Å². The van der Waals surface area contributed by atoms with E-state index in [2.05, 4.69) is 15.1 Å². The van der Waals surface area contributed by atoms with E-state index in [0.717, 1.165) is 26.1 Å². The Balaban J connectivity index is 1.36. The van der Waals surface area contributed by atoms with Gasteiger partial charge in [0.2, 0.25) is 10.9 Å². The van der Waals surface area contributed by atoms with Gasteiger partial charge in [0, 0.05) is 6.07 Å². The molecule has 0 unspecified atom stereocenters. The number of hydrogen-bond donors (Lipinski definition) is 0. The topological polar surface area (TPSA) is 74.7 Å². The molecule has 146 valence electrons. The quantitative estimate of drug-likeness (QED) is 0.359. The van der Waals surface area contributed by atoms with Crippen molar-refractivity contribution in [3.63, 3.8) is 0 Å². The molecule has 0 aliphatic rings. The molecule has 0 N–H and O–H groups in total. The van der Waals surface area contributed by atoms with Gasteiger partial charge in [-0.05, 0) is 36.1 Å². The fourth-order valence-electron chi connectivity index (χ4n) is 2.86. The van der Waals surface area contributed by atoms with Crippen LogP contribution in [0.3, 0.4) is 0 Å². The lowest BCUT2D eigenvalue weighted by atomic mass is 10.2. The Kier molecular flexibility index (Phi) is 4.61. The van der Waals surface area contributed by atoms with Gasteiger partial charge in [0.05, 0.1) is 13.3 Å². The summed E-state index contributed by atoms with van der Waals surface area (Å²) in [6, 6.07) is 13.4. The van der Waals surface area contributed by atoms with Crippen LogP contribution >= 0.6 is 23.1 Å². The number of nitrogens with zero attached hydrogens (tertiary/aromatic N) is 4. The number of imidazole rings is 1. The molecule has 2 aromatic carbocycles. The first-order chi connectivity index (χ1) is 14.2. The van der Waals surface area contributed by atoms with Gasteiger partial charge in [0.15, 0.2) is 9.92 Å². The molecule has 0 bridgehead atoms. The summed E-state index contributed by atoms with van der Waals surface area (Å²) in [5.41, 5.74) is 3.12. The van der Waals surface area contributed by atoms with Gasteiger partial charge in [-0.25, -0.2) is 14.5 Å². The second-order valence-electron chi connectivity index (χ2n) is 6.21. The lowest BCUT2D eigenvalue weighted by Crippen LogP contribution is -1.95. The maximum atomic E-state index is 5.92. The van der Waals surface area contributed by atoms with Crippen LogP contribution in [0.25, 0.3) is 27.6 Å². The van der Waals surface area contributed by atoms with Gasteiger partial charge in [-0.2, -0.15) is 0 Å². The van der Waals surface area contributed by atoms with Crippen LogP contribution < -0.4 is 9.47 Å². The zero-order chi connectivity index (χ0) is 19.8. The van der Waals surface area contributed by atoms with E-state index in [1.165, 1.54) is 11.3 Å². The van der Waals surface area contributed by atoms with E-state index in [1.807, 2.05) is 54.9 Å². The summed E-state index contributed by atoms with van der Waals surface area (Å²) in [6.45, 7) is 0.456. The largest absolute Gasteiger partial charge is 0.497 e. The molecular formula is C20H16N4O3S2. The Morgan fingerprint density at radius 2 is 1.93 bits per heavy atom. The van der Waals surface area contributed by atoms with Gasteiger partial charge in [-0.1, -0.05) is 35.2 Å². The molecule has 0 spiro atoms. The molecule has 29 heavy (non-hydrogen) atoms. The molecule has 0 saturated heterocycles. The summed E-state index contributed by atoms with van der Waals surface area (Å²) in [5, 5.41) is 4.45. The number of methoxy groups -OCH3 is 1. The molecular weight excluding hydrogens is 408 g/mol. The molecule has 0 atom stereocenters. The molecule has 0 amide bonds. The van der Waals surface area contributed by atoms with Gasteiger partial charge in [-0.15, -0.1) is 5.10 Å². The van der Waals surface area contributed by atoms with Gasteiger partial charge in [-0.3, -0.25) is 0 Å². The highest BCUT2D eigenvalue weighted by atomic mass is 32.2. The standard InChI is InChI=1S/C20H16N4O3S2/c1-25-13-5-3-12(4-6-13)11-26-14-7-8-15-17(9-14)27-18(21-15)16-10-24-19(22-16)29-20(23-24)28-2/h3-10H,11H2,1-2H3. The molecule has 0 fully saturated rings. The van der Waals surface area contributed by atoms with E-state index in [4.69, 9.17) is 13.9 Å². The van der Waals surface area contributed by atoms with Crippen LogP contribution in [-0.2, 0) is 6.61 Å². The first-order valence-electron chi connectivity index (χ1n) is 8.79. The van der Waals surface area contributed by atoms with Crippen molar-refractivity contribution in [2.24, 2.45) is 0 Å². The van der Waals surface area contributed by atoms with Crippen molar-refractivity contribution in [1.29, 1.82) is 0 Å². The number of ether oxygens (including phenoxy) is 2. The highest BCUT2D eigenvalue weighted by molar-refractivity contribution is 8.00. The van der Waals surface area contributed by atoms with Crippen molar-refractivity contribution in [3.05, 3.63) is 54.2 Å². The molecule has 0 aliphatic carbocycles. The van der Waals surface area contributed by atoms with Crippen LogP contribution in [0.1, 0.15) is 5.56 Å². The average molecular weight is 425 g/mol. The van der Waals surface area contributed by atoms with Gasteiger partial charge >= 0.3 is 0 Å². The summed E-state index contributed by atoms with van der Waals surface area (Å²) in [4.78, 5) is 9.92. The SMILES string of the molecule is COc1ccc(COc2ccc3nc(-c4cn5nc(SC)sc5n4)oc3c2)cc1. The normalized spacial score (nSPS) is 11.4. The molecule has 0 aliphatic heterocycles. The molecule has 7 nitrogen and oxygen atoms in total. The Morgan fingerprint density at radius 1 is 1.10 bits per heavy atom. The molecule has 9 heteroatoms. The summed E-state index contributed by atoms with van der Waals surface area (Å²) in [7, 11) is 1.65. The van der Waals surface area contributed by atoms with Crippen molar-refractivity contribution in [1.82, 2.24) is 19.6 Å². The number of rotatable bonds is 6. The second-order valence-corrected chi connectivity index (χ2v) is 8.22. The maximum absolute atomic E-state index is 5.92. The number of thioether (sulfide) groups is 1. The summed E-state index contributed by atoms with van der Waals surface area (Å²) in [5.74, 6) is 2.01. The average Bonchev–Trinajstić information content (AvgIpc) is 3.44. The van der Waals surface area contributed by atoms with Crippen molar-refractivity contribution in [2.75, 3.05) is 13.4 Å². The van der Waals surface area contributed by atoms with Crippen LogP contribution in [0.5, 0.6) is 11.5 Å². The smallest absolute Gasteiger partial charge is 0.247 e. The monoisotopic (exact) mass is 424 g/mol. The van der Waals surface area contributed by atoms with Crippen LogP contribution in [0, 0.1) is 0 Å². The second kappa shape index (κ2) is 7.41. The molecule has 3 heterocycles. The highest BCUT2D eigenvalue weighted by Crippen LogP contribution is 2.29. The first-order valence-corrected chi connectivity index (χ1v) is 10.8. The summed E-state index contributed by atoms with van der Waals surface area (Å²) in [6.07, 6.45) is 3.83. The number of benzene rings is 2. The van der Waals surface area contributed by atoms with Crippen molar-refractivity contribution < 1.29 is 13.9 Å². The Morgan fingerprint density at radius 3 is 2.69 bits per heavy atom. The van der Waals surface area contributed by atoms with Crippen molar-refractivity contribution in [3.8, 4) is 23.1 Å². The van der Waals surface area contributed by atoms with Gasteiger partial charge < -0.3 is 13.9 Å². The lowest BCUT2D eigenvalue weighted by molar-refractivity contribution is 0.306. The van der Waals surface area contributed by atoms with Crippen LogP contribution in [0.2, 0.25) is 0 Å². The predicted molar refractivity (Wildman–Crippen MR) is 113 cm³/mol. The molecule has 0 radical (unpaired) electrons. The fourth-order valence-corrected chi connectivity index (χ4v) is 4.20. The Labute approximate surface area is 174 Å². The fraction of sp³-hybridized carbons (Fsp3) is 0.150. The summed E-state index contributed by atoms with van der Waals surface area (Å²) >= 11 is 3.13. The lowest BCUT2D eigenvalue weighted by Gasteiger charge is -2.06. The third-order valence-corrected chi connectivity index (χ3v) is 6.24. The van der Waals surface area contributed by atoms with Crippen LogP contribution in [0.4, 0.5) is 0 Å². The Hall–Kier alpha value is -3.04.